The van der Waals surface area contributed by atoms with Crippen molar-refractivity contribution in [3.05, 3.63) is 83.2 Å². The average molecular weight is 506 g/mol. The monoisotopic (exact) mass is 505 g/mol. The van der Waals surface area contributed by atoms with Crippen molar-refractivity contribution in [3.63, 3.8) is 0 Å². The van der Waals surface area contributed by atoms with E-state index in [0.29, 0.717) is 47.7 Å². The number of thiophene rings is 1. The molecule has 1 saturated heterocycles. The van der Waals surface area contributed by atoms with Crippen molar-refractivity contribution in [2.75, 3.05) is 13.1 Å². The molecule has 1 amide bonds. The van der Waals surface area contributed by atoms with Crippen LogP contribution in [0.1, 0.15) is 35.7 Å². The fourth-order valence-electron chi connectivity index (χ4n) is 4.35. The highest BCUT2D eigenvalue weighted by Gasteiger charge is 2.29. The highest BCUT2D eigenvalue weighted by Crippen LogP contribution is 2.31. The summed E-state index contributed by atoms with van der Waals surface area (Å²) in [6, 6.07) is 20.3. The fraction of sp³-hybridized carbons (Fsp3) is 0.259. The van der Waals surface area contributed by atoms with Crippen LogP contribution in [-0.2, 0) is 16.6 Å². The van der Waals surface area contributed by atoms with Gasteiger partial charge in [0.05, 0.1) is 26.5 Å². The average Bonchev–Trinajstić information content (AvgIpc) is 3.42. The lowest BCUT2D eigenvalue weighted by atomic mass is 10.0. The molecule has 2 aromatic carbocycles. The number of carbonyl (C=O) groups excluding carboxylic acids is 1. The first-order valence-corrected chi connectivity index (χ1v) is 14.0. The summed E-state index contributed by atoms with van der Waals surface area (Å²) in [6.45, 7) is 3.56. The number of sulfonamides is 1. The van der Waals surface area contributed by atoms with Gasteiger partial charge in [-0.05, 0) is 60.0 Å². The van der Waals surface area contributed by atoms with Crippen LogP contribution in [0.25, 0.3) is 21.5 Å². The molecule has 1 fully saturated rings. The maximum atomic E-state index is 13.4. The first-order valence-electron chi connectivity index (χ1n) is 11.7. The molecule has 1 aliphatic rings. The van der Waals surface area contributed by atoms with Gasteiger partial charge in [0, 0.05) is 25.0 Å². The minimum Gasteiger partial charge on any atom is -0.348 e. The van der Waals surface area contributed by atoms with Gasteiger partial charge < -0.3 is 5.32 Å². The van der Waals surface area contributed by atoms with Gasteiger partial charge in [-0.1, -0.05) is 43.3 Å². The van der Waals surface area contributed by atoms with Crippen molar-refractivity contribution in [2.45, 2.75) is 31.2 Å². The largest absolute Gasteiger partial charge is 0.348 e. The lowest BCUT2D eigenvalue weighted by Crippen LogP contribution is -2.37. The summed E-state index contributed by atoms with van der Waals surface area (Å²) < 4.78 is 28.3. The fourth-order valence-corrected chi connectivity index (χ4v) is 6.53. The van der Waals surface area contributed by atoms with Crippen LogP contribution in [0.5, 0.6) is 0 Å². The third-order valence-corrected chi connectivity index (χ3v) is 9.26. The third kappa shape index (κ3) is 5.00. The van der Waals surface area contributed by atoms with Gasteiger partial charge >= 0.3 is 0 Å². The number of rotatable bonds is 6. The van der Waals surface area contributed by atoms with Crippen molar-refractivity contribution in [2.24, 2.45) is 5.92 Å². The van der Waals surface area contributed by atoms with Gasteiger partial charge in [-0.3, -0.25) is 4.79 Å². The number of hydrogen-bond donors (Lipinski definition) is 1. The van der Waals surface area contributed by atoms with Crippen LogP contribution in [0.2, 0.25) is 0 Å². The van der Waals surface area contributed by atoms with Crippen molar-refractivity contribution < 1.29 is 13.2 Å². The number of nitrogens with zero attached hydrogens (tertiary/aromatic N) is 2. The molecule has 180 valence electrons. The predicted octanol–water partition coefficient (Wildman–Crippen LogP) is 5.31. The quantitative estimate of drug-likeness (QED) is 0.385. The van der Waals surface area contributed by atoms with Gasteiger partial charge in [0.1, 0.15) is 0 Å². The molecule has 3 heterocycles. The van der Waals surface area contributed by atoms with Crippen molar-refractivity contribution in [1.82, 2.24) is 14.6 Å². The Bertz CT molecular complexity index is 1440. The van der Waals surface area contributed by atoms with Crippen LogP contribution < -0.4 is 5.32 Å². The highest BCUT2D eigenvalue weighted by atomic mass is 32.2. The van der Waals surface area contributed by atoms with E-state index < -0.39 is 10.0 Å². The lowest BCUT2D eigenvalue weighted by Gasteiger charge is -2.29. The van der Waals surface area contributed by atoms with E-state index in [4.69, 9.17) is 4.98 Å². The number of pyridine rings is 1. The Kier molecular flexibility index (Phi) is 6.69. The second kappa shape index (κ2) is 9.89. The molecule has 6 nitrogen and oxygen atoms in total. The maximum absolute atomic E-state index is 13.4. The summed E-state index contributed by atoms with van der Waals surface area (Å²) in [5, 5.41) is 5.48. The van der Waals surface area contributed by atoms with E-state index in [-0.39, 0.29) is 10.8 Å². The number of aromatic nitrogens is 1. The zero-order valence-electron chi connectivity index (χ0n) is 19.5. The Hall–Kier alpha value is -3.07. The van der Waals surface area contributed by atoms with Crippen molar-refractivity contribution in [3.8, 4) is 10.6 Å². The SMILES string of the molecule is CC1CCN(S(=O)(=O)c2ccc3nc(-c4cccs4)cc(C(=O)NCc4ccccc4)c3c2)CC1. The molecule has 35 heavy (non-hydrogen) atoms. The summed E-state index contributed by atoms with van der Waals surface area (Å²) >= 11 is 1.54. The van der Waals surface area contributed by atoms with E-state index >= 15 is 0 Å². The molecule has 2 aromatic heterocycles. The summed E-state index contributed by atoms with van der Waals surface area (Å²) in [7, 11) is -3.65. The molecule has 0 unspecified atom stereocenters. The van der Waals surface area contributed by atoms with E-state index in [1.807, 2.05) is 47.8 Å². The molecule has 0 radical (unpaired) electrons. The summed E-state index contributed by atoms with van der Waals surface area (Å²) in [5.74, 6) is 0.262. The van der Waals surface area contributed by atoms with Crippen LogP contribution in [0.3, 0.4) is 0 Å². The Labute approximate surface area is 209 Å². The second-order valence-electron chi connectivity index (χ2n) is 8.97. The Morgan fingerprint density at radius 2 is 1.83 bits per heavy atom. The number of piperidine rings is 1. The Morgan fingerprint density at radius 1 is 1.06 bits per heavy atom. The van der Waals surface area contributed by atoms with Gasteiger partial charge in [-0.15, -0.1) is 11.3 Å². The minimum absolute atomic E-state index is 0.197. The third-order valence-electron chi connectivity index (χ3n) is 6.47. The number of nitrogens with one attached hydrogen (secondary N) is 1. The maximum Gasteiger partial charge on any atom is 0.252 e. The van der Waals surface area contributed by atoms with Gasteiger partial charge in [0.15, 0.2) is 0 Å². The standard InChI is InChI=1S/C27H27N3O3S2/c1-19-11-13-30(14-12-19)35(32,33)21-9-10-24-22(16-21)23(17-25(29-24)26-8-5-15-34-26)27(31)28-18-20-6-3-2-4-7-20/h2-10,15-17,19H,11-14,18H2,1H3,(H,28,31). The number of benzene rings is 2. The molecule has 0 saturated carbocycles. The summed E-state index contributed by atoms with van der Waals surface area (Å²) in [4.78, 5) is 19.2. The Morgan fingerprint density at radius 3 is 2.54 bits per heavy atom. The molecular weight excluding hydrogens is 478 g/mol. The zero-order chi connectivity index (χ0) is 24.4. The number of hydrogen-bond acceptors (Lipinski definition) is 5. The molecule has 0 spiro atoms. The molecule has 0 atom stereocenters. The van der Waals surface area contributed by atoms with Crippen LogP contribution in [0.4, 0.5) is 0 Å². The predicted molar refractivity (Wildman–Crippen MR) is 140 cm³/mol. The molecule has 1 N–H and O–H groups in total. The zero-order valence-corrected chi connectivity index (χ0v) is 21.1. The van der Waals surface area contributed by atoms with Crippen LogP contribution in [0.15, 0.2) is 77.0 Å². The molecule has 8 heteroatoms. The molecule has 0 aliphatic carbocycles. The van der Waals surface area contributed by atoms with E-state index in [1.54, 1.807) is 39.9 Å². The first kappa shape index (κ1) is 23.7. The highest BCUT2D eigenvalue weighted by molar-refractivity contribution is 7.89. The molecule has 5 rings (SSSR count). The molecule has 0 bridgehead atoms. The topological polar surface area (TPSA) is 79.4 Å². The smallest absolute Gasteiger partial charge is 0.252 e. The van der Waals surface area contributed by atoms with Gasteiger partial charge in [0.2, 0.25) is 10.0 Å². The molecular formula is C27H27N3O3S2. The number of fused-ring (bicyclic) bond motifs is 1. The van der Waals surface area contributed by atoms with E-state index in [2.05, 4.69) is 12.2 Å². The van der Waals surface area contributed by atoms with Crippen molar-refractivity contribution >= 4 is 38.2 Å². The van der Waals surface area contributed by atoms with Gasteiger partial charge in [-0.2, -0.15) is 4.31 Å². The van der Waals surface area contributed by atoms with Crippen LogP contribution >= 0.6 is 11.3 Å². The summed E-state index contributed by atoms with van der Waals surface area (Å²) in [5.41, 5.74) is 2.68. The van der Waals surface area contributed by atoms with E-state index in [1.165, 1.54) is 0 Å². The minimum atomic E-state index is -3.65. The molecule has 1 aliphatic heterocycles. The molecule has 4 aromatic rings. The van der Waals surface area contributed by atoms with Crippen LogP contribution in [-0.4, -0.2) is 36.7 Å². The summed E-state index contributed by atoms with van der Waals surface area (Å²) in [6.07, 6.45) is 1.71. The second-order valence-corrected chi connectivity index (χ2v) is 11.9. The normalized spacial score (nSPS) is 15.3. The van der Waals surface area contributed by atoms with Gasteiger partial charge in [-0.25, -0.2) is 13.4 Å². The Balaban J connectivity index is 1.55. The van der Waals surface area contributed by atoms with Gasteiger partial charge in [0.25, 0.3) is 5.91 Å². The first-order chi connectivity index (χ1) is 16.9. The lowest BCUT2D eigenvalue weighted by molar-refractivity contribution is 0.0952. The van der Waals surface area contributed by atoms with E-state index in [0.717, 1.165) is 23.3 Å². The van der Waals surface area contributed by atoms with Crippen molar-refractivity contribution in [1.29, 1.82) is 0 Å². The number of carbonyl (C=O) groups is 1. The van der Waals surface area contributed by atoms with Crippen LogP contribution in [0, 0.1) is 5.92 Å². The number of amides is 1. The van der Waals surface area contributed by atoms with E-state index in [9.17, 15) is 13.2 Å².